The summed E-state index contributed by atoms with van der Waals surface area (Å²) in [6.07, 6.45) is 2.59. The minimum absolute atomic E-state index is 0.0971. The largest absolute Gasteiger partial charge is 0.493 e. The summed E-state index contributed by atoms with van der Waals surface area (Å²) in [6, 6.07) is 7.38. The third-order valence-electron chi connectivity index (χ3n) is 3.54. The lowest BCUT2D eigenvalue weighted by molar-refractivity contribution is -0.116. The molecule has 24 heavy (non-hydrogen) atoms. The zero-order chi connectivity index (χ0) is 17.5. The van der Waals surface area contributed by atoms with Gasteiger partial charge in [0, 0.05) is 12.6 Å². The van der Waals surface area contributed by atoms with E-state index in [9.17, 15) is 4.79 Å². The van der Waals surface area contributed by atoms with E-state index in [-0.39, 0.29) is 5.91 Å². The lowest BCUT2D eigenvalue weighted by atomic mass is 10.1. The van der Waals surface area contributed by atoms with E-state index in [0.29, 0.717) is 35.9 Å². The Morgan fingerprint density at radius 3 is 2.25 bits per heavy atom. The summed E-state index contributed by atoms with van der Waals surface area (Å²) in [7, 11) is 4.69. The third-order valence-corrected chi connectivity index (χ3v) is 3.54. The molecule has 2 aromatic rings. The van der Waals surface area contributed by atoms with Crippen LogP contribution in [0.25, 0.3) is 0 Å². The Morgan fingerprint density at radius 1 is 1.08 bits per heavy atom. The smallest absolute Gasteiger partial charge is 0.225 e. The Hall–Kier alpha value is -2.76. The van der Waals surface area contributed by atoms with Crippen LogP contribution in [-0.4, -0.2) is 32.2 Å². The van der Waals surface area contributed by atoms with Gasteiger partial charge in [-0.2, -0.15) is 0 Å². The van der Waals surface area contributed by atoms with Crippen molar-refractivity contribution in [3.8, 4) is 17.2 Å². The third kappa shape index (κ3) is 4.38. The molecule has 0 radical (unpaired) electrons. The molecule has 0 saturated heterocycles. The highest BCUT2D eigenvalue weighted by Gasteiger charge is 2.14. The van der Waals surface area contributed by atoms with Gasteiger partial charge in [0.25, 0.3) is 0 Å². The van der Waals surface area contributed by atoms with Crippen molar-refractivity contribution in [2.75, 3.05) is 26.6 Å². The SMILES string of the molecule is COc1cc(CCC(=O)Nc2ccc(C)cn2)cc(OC)c1OC. The summed E-state index contributed by atoms with van der Waals surface area (Å²) in [5.41, 5.74) is 1.97. The monoisotopic (exact) mass is 330 g/mol. The van der Waals surface area contributed by atoms with Crippen LogP contribution in [0.5, 0.6) is 17.2 Å². The van der Waals surface area contributed by atoms with Crippen molar-refractivity contribution in [3.05, 3.63) is 41.6 Å². The van der Waals surface area contributed by atoms with Crippen LogP contribution < -0.4 is 19.5 Å². The molecular weight excluding hydrogens is 308 g/mol. The van der Waals surface area contributed by atoms with Crippen molar-refractivity contribution < 1.29 is 19.0 Å². The van der Waals surface area contributed by atoms with Crippen molar-refractivity contribution in [2.24, 2.45) is 0 Å². The van der Waals surface area contributed by atoms with Crippen LogP contribution in [0.2, 0.25) is 0 Å². The summed E-state index contributed by atoms with van der Waals surface area (Å²) in [5.74, 6) is 2.15. The molecular formula is C18H22N2O4. The Kier molecular flexibility index (Phi) is 6.01. The van der Waals surface area contributed by atoms with Crippen LogP contribution in [0.3, 0.4) is 0 Å². The number of carbonyl (C=O) groups is 1. The molecule has 1 heterocycles. The fourth-order valence-corrected chi connectivity index (χ4v) is 2.28. The molecule has 0 aliphatic carbocycles. The Morgan fingerprint density at radius 2 is 1.75 bits per heavy atom. The number of aryl methyl sites for hydroxylation is 2. The maximum absolute atomic E-state index is 12.1. The van der Waals surface area contributed by atoms with Gasteiger partial charge in [-0.3, -0.25) is 4.79 Å². The van der Waals surface area contributed by atoms with E-state index in [1.54, 1.807) is 33.6 Å². The molecule has 6 nitrogen and oxygen atoms in total. The normalized spacial score (nSPS) is 10.2. The molecule has 1 aromatic carbocycles. The predicted molar refractivity (Wildman–Crippen MR) is 92.0 cm³/mol. The second-order valence-corrected chi connectivity index (χ2v) is 5.30. The van der Waals surface area contributed by atoms with Crippen LogP contribution in [0.4, 0.5) is 5.82 Å². The highest BCUT2D eigenvalue weighted by Crippen LogP contribution is 2.38. The first-order valence-electron chi connectivity index (χ1n) is 7.58. The maximum Gasteiger partial charge on any atom is 0.225 e. The Labute approximate surface area is 141 Å². The van der Waals surface area contributed by atoms with Gasteiger partial charge in [-0.1, -0.05) is 6.07 Å². The minimum Gasteiger partial charge on any atom is -0.493 e. The fraction of sp³-hybridized carbons (Fsp3) is 0.333. The molecule has 1 aromatic heterocycles. The molecule has 0 unspecified atom stereocenters. The van der Waals surface area contributed by atoms with Crippen molar-refractivity contribution >= 4 is 11.7 Å². The average molecular weight is 330 g/mol. The summed E-state index contributed by atoms with van der Waals surface area (Å²) < 4.78 is 15.9. The average Bonchev–Trinajstić information content (AvgIpc) is 2.60. The Balaban J connectivity index is 2.03. The van der Waals surface area contributed by atoms with Gasteiger partial charge >= 0.3 is 0 Å². The molecule has 6 heteroatoms. The van der Waals surface area contributed by atoms with Crippen LogP contribution in [0.15, 0.2) is 30.5 Å². The summed E-state index contributed by atoms with van der Waals surface area (Å²) >= 11 is 0. The Bertz CT molecular complexity index is 674. The number of hydrogen-bond donors (Lipinski definition) is 1. The van der Waals surface area contributed by atoms with Gasteiger partial charge in [0.2, 0.25) is 11.7 Å². The molecule has 0 aliphatic heterocycles. The van der Waals surface area contributed by atoms with E-state index in [1.807, 2.05) is 25.1 Å². The van der Waals surface area contributed by atoms with E-state index < -0.39 is 0 Å². The van der Waals surface area contributed by atoms with E-state index in [0.717, 1.165) is 11.1 Å². The van der Waals surface area contributed by atoms with Crippen LogP contribution >= 0.6 is 0 Å². The number of rotatable bonds is 7. The molecule has 1 amide bonds. The minimum atomic E-state index is -0.0971. The number of hydrogen-bond acceptors (Lipinski definition) is 5. The van der Waals surface area contributed by atoms with E-state index in [1.165, 1.54) is 0 Å². The lowest BCUT2D eigenvalue weighted by Crippen LogP contribution is -2.13. The number of aromatic nitrogens is 1. The standard InChI is InChI=1S/C18H22N2O4/c1-12-5-7-16(19-11-12)20-17(21)8-6-13-9-14(22-2)18(24-4)15(10-13)23-3/h5,7,9-11H,6,8H2,1-4H3,(H,19,20,21). The number of amides is 1. The highest BCUT2D eigenvalue weighted by molar-refractivity contribution is 5.89. The van der Waals surface area contributed by atoms with Crippen molar-refractivity contribution in [1.29, 1.82) is 0 Å². The molecule has 0 bridgehead atoms. The predicted octanol–water partition coefficient (Wildman–Crippen LogP) is 2.99. The molecule has 0 spiro atoms. The van der Waals surface area contributed by atoms with Crippen LogP contribution in [0, 0.1) is 6.92 Å². The number of anilines is 1. The zero-order valence-corrected chi connectivity index (χ0v) is 14.4. The number of nitrogens with zero attached hydrogens (tertiary/aromatic N) is 1. The van der Waals surface area contributed by atoms with E-state index >= 15 is 0 Å². The molecule has 128 valence electrons. The number of carbonyl (C=O) groups excluding carboxylic acids is 1. The first-order chi connectivity index (χ1) is 11.6. The molecule has 1 N–H and O–H groups in total. The summed E-state index contributed by atoms with van der Waals surface area (Å²) in [6.45, 7) is 1.95. The van der Waals surface area contributed by atoms with Crippen molar-refractivity contribution in [1.82, 2.24) is 4.98 Å². The van der Waals surface area contributed by atoms with Crippen molar-refractivity contribution in [2.45, 2.75) is 19.8 Å². The zero-order valence-electron chi connectivity index (χ0n) is 14.4. The molecule has 0 saturated carbocycles. The van der Waals surface area contributed by atoms with Gasteiger partial charge in [0.1, 0.15) is 5.82 Å². The number of pyridine rings is 1. The summed E-state index contributed by atoms with van der Waals surface area (Å²) in [4.78, 5) is 16.2. The van der Waals surface area contributed by atoms with Gasteiger partial charge in [-0.05, 0) is 42.7 Å². The number of nitrogens with one attached hydrogen (secondary N) is 1. The van der Waals surface area contributed by atoms with Gasteiger partial charge in [0.15, 0.2) is 11.5 Å². The van der Waals surface area contributed by atoms with E-state index in [4.69, 9.17) is 14.2 Å². The number of methoxy groups -OCH3 is 3. The number of benzene rings is 1. The fourth-order valence-electron chi connectivity index (χ4n) is 2.28. The highest BCUT2D eigenvalue weighted by atomic mass is 16.5. The van der Waals surface area contributed by atoms with Gasteiger partial charge in [-0.25, -0.2) is 4.98 Å². The molecule has 0 atom stereocenters. The molecule has 0 aliphatic rings. The van der Waals surface area contributed by atoms with Gasteiger partial charge in [0.05, 0.1) is 21.3 Å². The second-order valence-electron chi connectivity index (χ2n) is 5.30. The van der Waals surface area contributed by atoms with Gasteiger partial charge < -0.3 is 19.5 Å². The van der Waals surface area contributed by atoms with Gasteiger partial charge in [-0.15, -0.1) is 0 Å². The van der Waals surface area contributed by atoms with Crippen molar-refractivity contribution in [3.63, 3.8) is 0 Å². The van der Waals surface area contributed by atoms with E-state index in [2.05, 4.69) is 10.3 Å². The molecule has 0 fully saturated rings. The second kappa shape index (κ2) is 8.19. The first kappa shape index (κ1) is 17.6. The van der Waals surface area contributed by atoms with Crippen LogP contribution in [-0.2, 0) is 11.2 Å². The number of ether oxygens (including phenoxy) is 3. The summed E-state index contributed by atoms with van der Waals surface area (Å²) in [5, 5.41) is 2.78. The van der Waals surface area contributed by atoms with Crippen LogP contribution in [0.1, 0.15) is 17.5 Å². The maximum atomic E-state index is 12.1. The lowest BCUT2D eigenvalue weighted by Gasteiger charge is -2.14. The quantitative estimate of drug-likeness (QED) is 0.845. The first-order valence-corrected chi connectivity index (χ1v) is 7.58. The topological polar surface area (TPSA) is 69.7 Å². The molecule has 2 rings (SSSR count).